The summed E-state index contributed by atoms with van der Waals surface area (Å²) in [5.41, 5.74) is 1.25. The maximum atomic E-state index is 10.8. The van der Waals surface area contributed by atoms with E-state index in [1.54, 1.807) is 12.1 Å². The van der Waals surface area contributed by atoms with Crippen molar-refractivity contribution in [1.29, 1.82) is 0 Å². The number of aromatic carboxylic acids is 1. The van der Waals surface area contributed by atoms with Crippen LogP contribution in [0.25, 0.3) is 0 Å². The van der Waals surface area contributed by atoms with Gasteiger partial charge in [-0.05, 0) is 59.6 Å². The van der Waals surface area contributed by atoms with Crippen LogP contribution in [-0.4, -0.2) is 28.1 Å². The molecule has 0 aliphatic carbocycles. The van der Waals surface area contributed by atoms with Crippen LogP contribution in [0, 0.1) is 0 Å². The first kappa shape index (κ1) is 13.7. The van der Waals surface area contributed by atoms with E-state index in [0.717, 1.165) is 16.7 Å². The van der Waals surface area contributed by atoms with Crippen molar-refractivity contribution in [3.63, 3.8) is 0 Å². The largest absolute Gasteiger partial charge is 0.478 e. The molecule has 18 heavy (non-hydrogen) atoms. The van der Waals surface area contributed by atoms with Crippen LogP contribution in [0.1, 0.15) is 30.1 Å². The van der Waals surface area contributed by atoms with Crippen molar-refractivity contribution in [2.24, 2.45) is 0 Å². The zero-order valence-electron chi connectivity index (χ0n) is 10.2. The molecular weight excluding hydrogens is 314 g/mol. The van der Waals surface area contributed by atoms with Gasteiger partial charge in [0, 0.05) is 21.5 Å². The normalized spacial score (nSPS) is 23.0. The number of thioether (sulfide) groups is 1. The van der Waals surface area contributed by atoms with E-state index in [1.165, 1.54) is 18.6 Å². The second kappa shape index (κ2) is 5.53. The highest BCUT2D eigenvalue weighted by atomic mass is 79.9. The van der Waals surface area contributed by atoms with E-state index >= 15 is 0 Å². The summed E-state index contributed by atoms with van der Waals surface area (Å²) < 4.78 is 1.10. The minimum absolute atomic E-state index is 0.297. The molecular formula is C13H16BrNO2S. The number of nitrogens with one attached hydrogen (secondary N) is 1. The van der Waals surface area contributed by atoms with E-state index in [4.69, 9.17) is 5.11 Å². The van der Waals surface area contributed by atoms with E-state index < -0.39 is 5.97 Å². The zero-order valence-corrected chi connectivity index (χ0v) is 12.6. The Bertz CT molecular complexity index is 458. The number of benzene rings is 1. The van der Waals surface area contributed by atoms with Gasteiger partial charge in [-0.15, -0.1) is 0 Å². The second-order valence-electron chi connectivity index (χ2n) is 4.76. The van der Waals surface area contributed by atoms with Crippen molar-refractivity contribution in [2.45, 2.75) is 24.5 Å². The summed E-state index contributed by atoms with van der Waals surface area (Å²) in [5, 5.41) is 12.3. The van der Waals surface area contributed by atoms with Gasteiger partial charge in [-0.1, -0.05) is 0 Å². The van der Waals surface area contributed by atoms with Crippen LogP contribution in [0.15, 0.2) is 22.7 Å². The first-order valence-corrected chi connectivity index (χ1v) is 7.69. The summed E-state index contributed by atoms with van der Waals surface area (Å²) in [5.74, 6) is 0.331. The molecule has 1 aromatic rings. The Morgan fingerprint density at radius 2 is 2.39 bits per heavy atom. The van der Waals surface area contributed by atoms with E-state index in [2.05, 4.69) is 28.2 Å². The predicted molar refractivity (Wildman–Crippen MR) is 79.7 cm³/mol. The molecule has 1 heterocycles. The first-order valence-electron chi connectivity index (χ1n) is 5.91. The SMILES string of the molecule is CC1(CNc2ccc(C(=O)O)cc2Br)CCCS1. The summed E-state index contributed by atoms with van der Waals surface area (Å²) in [6, 6.07) is 5.07. The highest BCUT2D eigenvalue weighted by Crippen LogP contribution is 2.38. The number of anilines is 1. The van der Waals surface area contributed by atoms with Crippen LogP contribution in [0.2, 0.25) is 0 Å². The molecule has 1 atom stereocenters. The fraction of sp³-hybridized carbons (Fsp3) is 0.462. The lowest BCUT2D eigenvalue weighted by Gasteiger charge is -2.24. The molecule has 2 N–H and O–H groups in total. The lowest BCUT2D eigenvalue weighted by Crippen LogP contribution is -2.27. The van der Waals surface area contributed by atoms with Crippen molar-refractivity contribution in [1.82, 2.24) is 0 Å². The number of carboxylic acid groups (broad SMARTS) is 1. The third-order valence-electron chi connectivity index (χ3n) is 3.17. The summed E-state index contributed by atoms with van der Waals surface area (Å²) in [4.78, 5) is 10.8. The van der Waals surface area contributed by atoms with Crippen molar-refractivity contribution >= 4 is 39.3 Å². The highest BCUT2D eigenvalue weighted by Gasteiger charge is 2.29. The molecule has 1 aromatic carbocycles. The summed E-state index contributed by atoms with van der Waals surface area (Å²) in [7, 11) is 0. The Balaban J connectivity index is 2.03. The van der Waals surface area contributed by atoms with Gasteiger partial charge < -0.3 is 10.4 Å². The van der Waals surface area contributed by atoms with Gasteiger partial charge in [0.2, 0.25) is 0 Å². The fourth-order valence-electron chi connectivity index (χ4n) is 2.05. The lowest BCUT2D eigenvalue weighted by molar-refractivity contribution is 0.0697. The minimum Gasteiger partial charge on any atom is -0.478 e. The molecule has 0 saturated carbocycles. The summed E-state index contributed by atoms with van der Waals surface area (Å²) in [6.45, 7) is 3.18. The lowest BCUT2D eigenvalue weighted by atomic mass is 10.1. The molecule has 1 fully saturated rings. The molecule has 0 amide bonds. The molecule has 0 bridgehead atoms. The van der Waals surface area contributed by atoms with Crippen LogP contribution in [0.5, 0.6) is 0 Å². The maximum absolute atomic E-state index is 10.8. The summed E-state index contributed by atoms with van der Waals surface area (Å²) in [6.07, 6.45) is 2.51. The number of hydrogen-bond donors (Lipinski definition) is 2. The quantitative estimate of drug-likeness (QED) is 0.880. The molecule has 1 unspecified atom stereocenters. The fourth-order valence-corrected chi connectivity index (χ4v) is 3.81. The van der Waals surface area contributed by atoms with Gasteiger partial charge in [-0.3, -0.25) is 0 Å². The van der Waals surface area contributed by atoms with Gasteiger partial charge in [0.15, 0.2) is 0 Å². The average molecular weight is 330 g/mol. The molecule has 98 valence electrons. The van der Waals surface area contributed by atoms with E-state index in [0.29, 0.717) is 10.3 Å². The van der Waals surface area contributed by atoms with Gasteiger partial charge in [0.05, 0.1) is 5.56 Å². The van der Waals surface area contributed by atoms with Crippen molar-refractivity contribution in [3.05, 3.63) is 28.2 Å². The maximum Gasteiger partial charge on any atom is 0.335 e. The molecule has 1 aliphatic heterocycles. The van der Waals surface area contributed by atoms with Gasteiger partial charge in [0.1, 0.15) is 0 Å². The Labute approximate surface area is 119 Å². The number of carboxylic acids is 1. The minimum atomic E-state index is -0.902. The van der Waals surface area contributed by atoms with Gasteiger partial charge >= 0.3 is 5.97 Å². The van der Waals surface area contributed by atoms with Gasteiger partial charge in [0.25, 0.3) is 0 Å². The third kappa shape index (κ3) is 3.20. The standard InChI is InChI=1S/C13H16BrNO2S/c1-13(5-2-6-18-13)8-15-11-4-3-9(12(16)17)7-10(11)14/h3-4,7,15H,2,5-6,8H2,1H3,(H,16,17). The Hall–Kier alpha value is -0.680. The number of carbonyl (C=O) groups is 1. The van der Waals surface area contributed by atoms with E-state index in [9.17, 15) is 4.79 Å². The molecule has 0 radical (unpaired) electrons. The molecule has 0 aromatic heterocycles. The molecule has 1 saturated heterocycles. The predicted octanol–water partition coefficient (Wildman–Crippen LogP) is 3.84. The number of halogens is 1. The van der Waals surface area contributed by atoms with Crippen LogP contribution in [0.4, 0.5) is 5.69 Å². The Kier molecular flexibility index (Phi) is 4.22. The molecule has 5 heteroatoms. The van der Waals surface area contributed by atoms with Crippen LogP contribution < -0.4 is 5.32 Å². The Morgan fingerprint density at radius 3 is 2.94 bits per heavy atom. The van der Waals surface area contributed by atoms with Crippen molar-refractivity contribution in [2.75, 3.05) is 17.6 Å². The molecule has 1 aliphatic rings. The van der Waals surface area contributed by atoms with Crippen LogP contribution >= 0.6 is 27.7 Å². The zero-order chi connectivity index (χ0) is 13.2. The van der Waals surface area contributed by atoms with Gasteiger partial charge in [-0.25, -0.2) is 4.79 Å². The Morgan fingerprint density at radius 1 is 1.61 bits per heavy atom. The first-order chi connectivity index (χ1) is 8.50. The smallest absolute Gasteiger partial charge is 0.335 e. The topological polar surface area (TPSA) is 49.3 Å². The van der Waals surface area contributed by atoms with Crippen molar-refractivity contribution < 1.29 is 9.90 Å². The van der Waals surface area contributed by atoms with Gasteiger partial charge in [-0.2, -0.15) is 11.8 Å². The average Bonchev–Trinajstić information content (AvgIpc) is 2.75. The molecule has 2 rings (SSSR count). The molecule has 3 nitrogen and oxygen atoms in total. The number of rotatable bonds is 4. The second-order valence-corrected chi connectivity index (χ2v) is 7.29. The monoisotopic (exact) mass is 329 g/mol. The number of hydrogen-bond acceptors (Lipinski definition) is 3. The van der Waals surface area contributed by atoms with E-state index in [-0.39, 0.29) is 0 Å². The van der Waals surface area contributed by atoms with Crippen LogP contribution in [0.3, 0.4) is 0 Å². The van der Waals surface area contributed by atoms with E-state index in [1.807, 2.05) is 17.8 Å². The molecule has 0 spiro atoms. The highest BCUT2D eigenvalue weighted by molar-refractivity contribution is 9.10. The van der Waals surface area contributed by atoms with Crippen molar-refractivity contribution in [3.8, 4) is 0 Å². The summed E-state index contributed by atoms with van der Waals surface area (Å²) >= 11 is 5.42. The van der Waals surface area contributed by atoms with Crippen LogP contribution in [-0.2, 0) is 0 Å². The third-order valence-corrected chi connectivity index (χ3v) is 5.36.